The number of sulfonamides is 1. The van der Waals surface area contributed by atoms with Gasteiger partial charge in [0.25, 0.3) is 0 Å². The summed E-state index contributed by atoms with van der Waals surface area (Å²) in [6, 6.07) is 1.75. The van der Waals surface area contributed by atoms with Crippen molar-refractivity contribution in [2.24, 2.45) is 11.8 Å². The van der Waals surface area contributed by atoms with Crippen LogP contribution in [0.3, 0.4) is 0 Å². The molecule has 0 bridgehead atoms. The molecular formula is C14H20F2N2O2S. The first-order valence-corrected chi connectivity index (χ1v) is 8.54. The Hall–Kier alpha value is -1.21. The Kier molecular flexibility index (Phi) is 4.83. The Morgan fingerprint density at radius 1 is 1.29 bits per heavy atom. The molecule has 1 aromatic carbocycles. The second kappa shape index (κ2) is 6.27. The number of nitrogens with one attached hydrogen (secondary N) is 1. The van der Waals surface area contributed by atoms with E-state index in [1.54, 1.807) is 0 Å². The van der Waals surface area contributed by atoms with Crippen LogP contribution in [-0.2, 0) is 10.0 Å². The second-order valence-corrected chi connectivity index (χ2v) is 7.38. The number of nitrogen functional groups attached to an aromatic ring is 1. The summed E-state index contributed by atoms with van der Waals surface area (Å²) in [5.74, 6) is -1.52. The Morgan fingerprint density at radius 2 is 1.95 bits per heavy atom. The van der Waals surface area contributed by atoms with Gasteiger partial charge in [-0.1, -0.05) is 26.2 Å². The Morgan fingerprint density at radius 3 is 2.62 bits per heavy atom. The van der Waals surface area contributed by atoms with E-state index in [2.05, 4.69) is 11.6 Å². The Balaban J connectivity index is 2.13. The monoisotopic (exact) mass is 318 g/mol. The van der Waals surface area contributed by atoms with Crippen molar-refractivity contribution in [3.8, 4) is 0 Å². The number of anilines is 1. The van der Waals surface area contributed by atoms with Crippen LogP contribution in [0, 0.1) is 23.5 Å². The summed E-state index contributed by atoms with van der Waals surface area (Å²) in [7, 11) is -4.02. The predicted molar refractivity (Wildman–Crippen MR) is 77.1 cm³/mol. The number of hydrogen-bond donors (Lipinski definition) is 2. The summed E-state index contributed by atoms with van der Waals surface area (Å²) >= 11 is 0. The van der Waals surface area contributed by atoms with Gasteiger partial charge in [0.1, 0.15) is 16.4 Å². The molecule has 0 aliphatic heterocycles. The van der Waals surface area contributed by atoms with Crippen LogP contribution in [0.1, 0.15) is 32.6 Å². The van der Waals surface area contributed by atoms with Gasteiger partial charge >= 0.3 is 0 Å². The summed E-state index contributed by atoms with van der Waals surface area (Å²) < 4.78 is 53.6. The first kappa shape index (κ1) is 16.2. The van der Waals surface area contributed by atoms with Gasteiger partial charge in [-0.3, -0.25) is 0 Å². The maximum atomic E-state index is 13.8. The third-order valence-electron chi connectivity index (χ3n) is 4.21. The van der Waals surface area contributed by atoms with E-state index in [-0.39, 0.29) is 12.5 Å². The molecule has 7 heteroatoms. The molecule has 0 heterocycles. The van der Waals surface area contributed by atoms with Gasteiger partial charge in [-0.05, 0) is 30.4 Å². The van der Waals surface area contributed by atoms with Crippen LogP contribution < -0.4 is 10.5 Å². The van der Waals surface area contributed by atoms with Gasteiger partial charge in [0, 0.05) is 6.54 Å². The normalized spacial score (nSPS) is 23.2. The van der Waals surface area contributed by atoms with Gasteiger partial charge in [0.05, 0.1) is 0 Å². The van der Waals surface area contributed by atoms with E-state index in [1.807, 2.05) is 0 Å². The van der Waals surface area contributed by atoms with Crippen molar-refractivity contribution in [2.75, 3.05) is 12.3 Å². The van der Waals surface area contributed by atoms with Crippen molar-refractivity contribution in [3.63, 3.8) is 0 Å². The second-order valence-electron chi connectivity index (χ2n) is 5.65. The molecule has 1 aliphatic rings. The average molecular weight is 318 g/mol. The van der Waals surface area contributed by atoms with Gasteiger partial charge in [-0.15, -0.1) is 0 Å². The molecule has 0 aromatic heterocycles. The highest BCUT2D eigenvalue weighted by Crippen LogP contribution is 2.29. The van der Waals surface area contributed by atoms with E-state index in [0.717, 1.165) is 37.8 Å². The largest absolute Gasteiger partial charge is 0.394 e. The fourth-order valence-corrected chi connectivity index (χ4v) is 3.93. The lowest BCUT2D eigenvalue weighted by molar-refractivity contribution is 0.257. The third kappa shape index (κ3) is 3.52. The molecule has 0 radical (unpaired) electrons. The molecule has 1 aliphatic carbocycles. The predicted octanol–water partition coefficient (Wildman–Crippen LogP) is 2.65. The van der Waals surface area contributed by atoms with Crippen LogP contribution in [0.2, 0.25) is 0 Å². The summed E-state index contributed by atoms with van der Waals surface area (Å²) in [4.78, 5) is -0.607. The van der Waals surface area contributed by atoms with Crippen LogP contribution in [0.4, 0.5) is 14.5 Å². The van der Waals surface area contributed by atoms with Crippen molar-refractivity contribution in [3.05, 3.63) is 23.8 Å². The number of rotatable bonds is 4. The summed E-state index contributed by atoms with van der Waals surface area (Å²) in [6.45, 7) is 2.36. The molecule has 2 unspecified atom stereocenters. The van der Waals surface area contributed by atoms with E-state index in [0.29, 0.717) is 5.92 Å². The van der Waals surface area contributed by atoms with E-state index in [1.165, 1.54) is 0 Å². The van der Waals surface area contributed by atoms with Gasteiger partial charge < -0.3 is 5.73 Å². The molecule has 0 saturated heterocycles. The lowest BCUT2D eigenvalue weighted by Crippen LogP contribution is -2.34. The molecule has 118 valence electrons. The van der Waals surface area contributed by atoms with Crippen LogP contribution >= 0.6 is 0 Å². The molecule has 21 heavy (non-hydrogen) atoms. The number of hydrogen-bond acceptors (Lipinski definition) is 3. The van der Waals surface area contributed by atoms with Crippen molar-refractivity contribution >= 4 is 15.7 Å². The Labute approximate surface area is 123 Å². The average Bonchev–Trinajstić information content (AvgIpc) is 2.44. The lowest BCUT2D eigenvalue weighted by atomic mass is 9.81. The first-order chi connectivity index (χ1) is 9.83. The van der Waals surface area contributed by atoms with Crippen LogP contribution in [0.5, 0.6) is 0 Å². The minimum atomic E-state index is -4.02. The molecule has 1 fully saturated rings. The van der Waals surface area contributed by atoms with Crippen molar-refractivity contribution in [1.82, 2.24) is 4.72 Å². The minimum absolute atomic E-state index is 0.245. The van der Waals surface area contributed by atoms with Crippen LogP contribution in [0.25, 0.3) is 0 Å². The topological polar surface area (TPSA) is 72.2 Å². The standard InChI is InChI=1S/C14H20F2N2O2S/c1-9-4-2-3-5-10(9)8-18-21(19,20)12-7-6-11(15)14(17)13(12)16/h6-7,9-10,18H,2-5,8,17H2,1H3. The molecule has 2 rings (SSSR count). The molecular weight excluding hydrogens is 298 g/mol. The highest BCUT2D eigenvalue weighted by molar-refractivity contribution is 7.89. The quantitative estimate of drug-likeness (QED) is 0.838. The smallest absolute Gasteiger partial charge is 0.243 e. The van der Waals surface area contributed by atoms with Gasteiger partial charge in [0.15, 0.2) is 5.82 Å². The van der Waals surface area contributed by atoms with Gasteiger partial charge in [-0.2, -0.15) is 0 Å². The molecule has 0 spiro atoms. The zero-order valence-electron chi connectivity index (χ0n) is 11.9. The van der Waals surface area contributed by atoms with Gasteiger partial charge in [0.2, 0.25) is 10.0 Å². The fraction of sp³-hybridized carbons (Fsp3) is 0.571. The molecule has 4 nitrogen and oxygen atoms in total. The third-order valence-corrected chi connectivity index (χ3v) is 5.65. The van der Waals surface area contributed by atoms with Crippen LogP contribution in [-0.4, -0.2) is 15.0 Å². The molecule has 0 amide bonds. The van der Waals surface area contributed by atoms with E-state index in [9.17, 15) is 17.2 Å². The van der Waals surface area contributed by atoms with E-state index < -0.39 is 32.2 Å². The van der Waals surface area contributed by atoms with Gasteiger partial charge in [-0.25, -0.2) is 21.9 Å². The Bertz CT molecular complexity index is 620. The fourth-order valence-electron chi connectivity index (χ4n) is 2.75. The first-order valence-electron chi connectivity index (χ1n) is 7.06. The minimum Gasteiger partial charge on any atom is -0.394 e. The number of halogens is 2. The maximum absolute atomic E-state index is 13.8. The highest BCUT2D eigenvalue weighted by atomic mass is 32.2. The SMILES string of the molecule is CC1CCCCC1CNS(=O)(=O)c1ccc(F)c(N)c1F. The van der Waals surface area contributed by atoms with E-state index >= 15 is 0 Å². The molecule has 1 aromatic rings. The van der Waals surface area contributed by atoms with Crippen molar-refractivity contribution in [2.45, 2.75) is 37.5 Å². The van der Waals surface area contributed by atoms with Crippen molar-refractivity contribution in [1.29, 1.82) is 0 Å². The van der Waals surface area contributed by atoms with Crippen molar-refractivity contribution < 1.29 is 17.2 Å². The molecule has 1 saturated carbocycles. The molecule has 3 N–H and O–H groups in total. The highest BCUT2D eigenvalue weighted by Gasteiger charge is 2.26. The maximum Gasteiger partial charge on any atom is 0.243 e. The summed E-state index contributed by atoms with van der Waals surface area (Å²) in [6.07, 6.45) is 4.27. The number of nitrogens with two attached hydrogens (primary N) is 1. The van der Waals surface area contributed by atoms with Crippen LogP contribution in [0.15, 0.2) is 17.0 Å². The lowest BCUT2D eigenvalue weighted by Gasteiger charge is -2.28. The zero-order chi connectivity index (χ0) is 15.6. The zero-order valence-corrected chi connectivity index (χ0v) is 12.7. The summed E-state index contributed by atoms with van der Waals surface area (Å²) in [5.41, 5.74) is 4.42. The van der Waals surface area contributed by atoms with E-state index in [4.69, 9.17) is 5.73 Å². The summed E-state index contributed by atoms with van der Waals surface area (Å²) in [5, 5.41) is 0. The number of benzene rings is 1. The molecule has 2 atom stereocenters.